The molecule has 10 heteroatoms. The van der Waals surface area contributed by atoms with Gasteiger partial charge in [0.25, 0.3) is 11.8 Å². The van der Waals surface area contributed by atoms with Gasteiger partial charge in [-0.05, 0) is 43.7 Å². The topological polar surface area (TPSA) is 75.4 Å². The number of hydrogen-bond donors (Lipinski definition) is 1. The molecule has 0 spiro atoms. The van der Waals surface area contributed by atoms with Gasteiger partial charge in [-0.3, -0.25) is 9.59 Å². The molecule has 0 aliphatic carbocycles. The number of furan rings is 1. The van der Waals surface area contributed by atoms with Crippen LogP contribution in [-0.4, -0.2) is 45.9 Å². The molecule has 1 aliphatic heterocycles. The fourth-order valence-corrected chi connectivity index (χ4v) is 6.22. The Morgan fingerprint density at radius 2 is 1.91 bits per heavy atom. The normalized spacial score (nSPS) is 15.7. The zero-order valence-corrected chi connectivity index (χ0v) is 20.6. The van der Waals surface area contributed by atoms with E-state index < -0.39 is 11.7 Å². The molecule has 2 aromatic carbocycles. The molecule has 1 N–H and O–H groups in total. The summed E-state index contributed by atoms with van der Waals surface area (Å²) in [5.74, 6) is 0.105. The van der Waals surface area contributed by atoms with E-state index in [1.54, 1.807) is 41.8 Å². The van der Waals surface area contributed by atoms with Crippen LogP contribution in [0, 0.1) is 25.5 Å². The molecule has 1 saturated heterocycles. The molecular weight excluding hydrogens is 492 g/mol. The Hall–Kier alpha value is -3.24. The van der Waals surface area contributed by atoms with Gasteiger partial charge in [-0.2, -0.15) is 0 Å². The number of hydrogen-bond acceptors (Lipinski definition) is 6. The van der Waals surface area contributed by atoms with E-state index >= 15 is 0 Å². The number of nitrogens with zero attached hydrogens (tertiary/aromatic N) is 2. The monoisotopic (exact) mass is 513 g/mol. The molecule has 5 rings (SSSR count). The molecule has 0 unspecified atom stereocenters. The van der Waals surface area contributed by atoms with Gasteiger partial charge in [0.15, 0.2) is 0 Å². The number of thiazole rings is 1. The Labute approximate surface area is 208 Å². The van der Waals surface area contributed by atoms with E-state index in [-0.39, 0.29) is 29.9 Å². The number of thioether (sulfide) groups is 1. The molecule has 1 fully saturated rings. The fraction of sp³-hybridized carbons (Fsp3) is 0.240. The predicted octanol–water partition coefficient (Wildman–Crippen LogP) is 5.40. The van der Waals surface area contributed by atoms with Gasteiger partial charge in [0.05, 0.1) is 27.4 Å². The van der Waals surface area contributed by atoms with Crippen LogP contribution in [0.15, 0.2) is 46.9 Å². The van der Waals surface area contributed by atoms with Crippen molar-refractivity contribution in [3.8, 4) is 10.4 Å². The number of carbonyl (C=O) groups is 2. The Kier molecular flexibility index (Phi) is 6.33. The molecule has 1 aliphatic rings. The van der Waals surface area contributed by atoms with Crippen molar-refractivity contribution in [2.45, 2.75) is 19.9 Å². The molecule has 0 saturated carbocycles. The zero-order valence-electron chi connectivity index (χ0n) is 18.9. The van der Waals surface area contributed by atoms with Gasteiger partial charge in [-0.1, -0.05) is 12.1 Å². The van der Waals surface area contributed by atoms with Crippen molar-refractivity contribution in [3.63, 3.8) is 0 Å². The summed E-state index contributed by atoms with van der Waals surface area (Å²) in [5, 5.41) is 4.12. The molecule has 180 valence electrons. The van der Waals surface area contributed by atoms with Gasteiger partial charge in [-0.25, -0.2) is 13.8 Å². The Morgan fingerprint density at radius 1 is 1.14 bits per heavy atom. The van der Waals surface area contributed by atoms with E-state index in [1.807, 2.05) is 6.92 Å². The van der Waals surface area contributed by atoms with E-state index in [0.717, 1.165) is 10.6 Å². The molecule has 35 heavy (non-hydrogen) atoms. The molecule has 0 radical (unpaired) electrons. The molecule has 2 amide bonds. The Balaban J connectivity index is 1.34. The number of nitrogens with one attached hydrogen (secondary N) is 1. The van der Waals surface area contributed by atoms with Crippen LogP contribution in [0.1, 0.15) is 31.6 Å². The van der Waals surface area contributed by atoms with Crippen LogP contribution in [0.3, 0.4) is 0 Å². The van der Waals surface area contributed by atoms with E-state index in [9.17, 15) is 18.4 Å². The summed E-state index contributed by atoms with van der Waals surface area (Å²) in [6.45, 7) is 3.77. The number of amides is 2. The van der Waals surface area contributed by atoms with Crippen molar-refractivity contribution in [2.75, 3.05) is 18.2 Å². The van der Waals surface area contributed by atoms with E-state index in [1.165, 1.54) is 35.6 Å². The third kappa shape index (κ3) is 4.68. The highest BCUT2D eigenvalue weighted by Crippen LogP contribution is 2.33. The lowest BCUT2D eigenvalue weighted by atomic mass is 10.1. The van der Waals surface area contributed by atoms with Gasteiger partial charge >= 0.3 is 0 Å². The highest BCUT2D eigenvalue weighted by atomic mass is 32.2. The number of halogens is 2. The predicted molar refractivity (Wildman–Crippen MR) is 133 cm³/mol. The average Bonchev–Trinajstić information content (AvgIpc) is 3.54. The number of carbonyl (C=O) groups excluding carboxylic acids is 2. The molecule has 6 nitrogen and oxygen atoms in total. The molecule has 2 aromatic heterocycles. The minimum absolute atomic E-state index is 0.189. The third-order valence-corrected chi connectivity index (χ3v) is 7.85. The minimum Gasteiger partial charge on any atom is -0.461 e. The molecular formula is C25H21F2N3O3S2. The lowest BCUT2D eigenvalue weighted by molar-refractivity contribution is 0.0732. The van der Waals surface area contributed by atoms with Crippen molar-refractivity contribution in [1.82, 2.24) is 15.2 Å². The zero-order chi connectivity index (χ0) is 24.7. The van der Waals surface area contributed by atoms with Gasteiger partial charge in [0, 0.05) is 23.8 Å². The van der Waals surface area contributed by atoms with E-state index in [2.05, 4.69) is 10.3 Å². The van der Waals surface area contributed by atoms with Crippen molar-refractivity contribution < 1.29 is 22.8 Å². The first kappa shape index (κ1) is 23.5. The maximum Gasteiger partial charge on any atom is 0.275 e. The highest BCUT2D eigenvalue weighted by molar-refractivity contribution is 7.99. The van der Waals surface area contributed by atoms with Gasteiger partial charge < -0.3 is 14.6 Å². The van der Waals surface area contributed by atoms with Crippen LogP contribution in [0.25, 0.3) is 21.4 Å². The van der Waals surface area contributed by atoms with Crippen molar-refractivity contribution in [3.05, 3.63) is 76.1 Å². The largest absolute Gasteiger partial charge is 0.461 e. The number of aryl methyl sites for hydroxylation is 2. The van der Waals surface area contributed by atoms with Crippen LogP contribution in [0.4, 0.5) is 8.78 Å². The lowest BCUT2D eigenvalue weighted by Gasteiger charge is -2.24. The van der Waals surface area contributed by atoms with Gasteiger partial charge in [-0.15, -0.1) is 23.1 Å². The highest BCUT2D eigenvalue weighted by Gasteiger charge is 2.33. The summed E-state index contributed by atoms with van der Waals surface area (Å²) in [4.78, 5) is 33.2. The van der Waals surface area contributed by atoms with Crippen LogP contribution < -0.4 is 5.32 Å². The van der Waals surface area contributed by atoms with Crippen LogP contribution in [0.2, 0.25) is 0 Å². The molecule has 0 bridgehead atoms. The Morgan fingerprint density at radius 3 is 2.69 bits per heavy atom. The lowest BCUT2D eigenvalue weighted by Crippen LogP contribution is -2.44. The van der Waals surface area contributed by atoms with Crippen LogP contribution in [0.5, 0.6) is 0 Å². The first-order chi connectivity index (χ1) is 16.8. The van der Waals surface area contributed by atoms with Crippen molar-refractivity contribution >= 4 is 45.9 Å². The first-order valence-corrected chi connectivity index (χ1v) is 12.9. The fourth-order valence-electron chi connectivity index (χ4n) is 4.11. The number of benzene rings is 2. The minimum atomic E-state index is -0.558. The Bertz CT molecular complexity index is 1430. The maximum absolute atomic E-state index is 14.0. The second-order valence-corrected chi connectivity index (χ2v) is 10.5. The number of rotatable bonds is 5. The van der Waals surface area contributed by atoms with Crippen molar-refractivity contribution in [2.24, 2.45) is 0 Å². The summed E-state index contributed by atoms with van der Waals surface area (Å²) in [6, 6.07) is 9.86. The van der Waals surface area contributed by atoms with Crippen molar-refractivity contribution in [1.29, 1.82) is 0 Å². The first-order valence-electron chi connectivity index (χ1n) is 10.9. The quantitative estimate of drug-likeness (QED) is 0.387. The molecule has 1 atom stereocenters. The third-order valence-electron chi connectivity index (χ3n) is 5.75. The van der Waals surface area contributed by atoms with Gasteiger partial charge in [0.1, 0.15) is 28.7 Å². The second kappa shape index (κ2) is 9.43. The summed E-state index contributed by atoms with van der Waals surface area (Å²) >= 11 is 2.96. The van der Waals surface area contributed by atoms with E-state index in [0.29, 0.717) is 38.9 Å². The SMILES string of the molecule is Cc1cc2c(C(=O)NC[C@@H]3CSCN3C(=O)c3nc(C)sc3-c3ccc(F)cc3)cc(F)cc2o1. The number of fused-ring (bicyclic) bond motifs is 1. The maximum atomic E-state index is 14.0. The summed E-state index contributed by atoms with van der Waals surface area (Å²) in [5.41, 5.74) is 1.54. The average molecular weight is 514 g/mol. The second-order valence-electron chi connectivity index (χ2n) is 8.28. The van der Waals surface area contributed by atoms with Gasteiger partial charge in [0.2, 0.25) is 0 Å². The van der Waals surface area contributed by atoms with E-state index in [4.69, 9.17) is 4.42 Å². The van der Waals surface area contributed by atoms with Crippen LogP contribution >= 0.6 is 23.1 Å². The standard InChI is InChI=1S/C25H21F2N3O3S2/c1-13-7-19-20(8-17(27)9-21(19)33-13)24(31)28-10-18-11-34-12-30(18)25(32)22-23(35-14(2)29-22)15-3-5-16(26)6-4-15/h3-9,18H,10-12H2,1-2H3,(H,28,31)/t18-/m1/s1. The summed E-state index contributed by atoms with van der Waals surface area (Å²) in [7, 11) is 0. The smallest absolute Gasteiger partial charge is 0.275 e. The number of aromatic nitrogens is 1. The molecule has 4 aromatic rings. The summed E-state index contributed by atoms with van der Waals surface area (Å²) in [6.07, 6.45) is 0. The molecule has 3 heterocycles. The summed E-state index contributed by atoms with van der Waals surface area (Å²) < 4.78 is 32.9. The van der Waals surface area contributed by atoms with Crippen LogP contribution in [-0.2, 0) is 0 Å².